The Bertz CT molecular complexity index is 172. The van der Waals surface area contributed by atoms with E-state index in [9.17, 15) is 5.11 Å². The average molecular weight is 170 g/mol. The zero-order valence-corrected chi connectivity index (χ0v) is 7.61. The molecular weight excluding hydrogens is 152 g/mol. The summed E-state index contributed by atoms with van der Waals surface area (Å²) in [4.78, 5) is 2.43. The van der Waals surface area contributed by atoms with E-state index < -0.39 is 0 Å². The van der Waals surface area contributed by atoms with E-state index in [0.29, 0.717) is 12.0 Å². The summed E-state index contributed by atoms with van der Waals surface area (Å²) >= 11 is 0. The number of aliphatic hydroxyl groups excluding tert-OH is 1. The summed E-state index contributed by atoms with van der Waals surface area (Å²) in [6.45, 7) is 4.04. The molecular formula is C9H18N2O. The molecule has 1 unspecified atom stereocenters. The van der Waals surface area contributed by atoms with E-state index in [0.717, 1.165) is 6.54 Å². The summed E-state index contributed by atoms with van der Waals surface area (Å²) in [5.41, 5.74) is 6.06. The van der Waals surface area contributed by atoms with Gasteiger partial charge >= 0.3 is 0 Å². The topological polar surface area (TPSA) is 49.5 Å². The predicted molar refractivity (Wildman–Crippen MR) is 47.7 cm³/mol. The Labute approximate surface area is 73.5 Å². The van der Waals surface area contributed by atoms with E-state index in [1.165, 1.54) is 19.4 Å². The first-order chi connectivity index (χ1) is 5.70. The summed E-state index contributed by atoms with van der Waals surface area (Å²) in [5, 5.41) is 9.47. The molecule has 3 N–H and O–H groups in total. The Morgan fingerprint density at radius 2 is 2.33 bits per heavy atom. The smallest absolute Gasteiger partial charge is 0.0567 e. The predicted octanol–water partition coefficient (Wildman–Crippen LogP) is -0.211. The highest BCUT2D eigenvalue weighted by atomic mass is 16.3. The molecule has 0 aliphatic carbocycles. The lowest BCUT2D eigenvalue weighted by molar-refractivity contribution is 0.120. The highest BCUT2D eigenvalue weighted by Gasteiger charge is 2.43. The molecule has 2 rings (SSSR count). The first-order valence-electron chi connectivity index (χ1n) is 4.88. The summed E-state index contributed by atoms with van der Waals surface area (Å²) in [6, 6.07) is 0.761. The van der Waals surface area contributed by atoms with E-state index >= 15 is 0 Å². The van der Waals surface area contributed by atoms with Crippen LogP contribution in [0.25, 0.3) is 0 Å². The van der Waals surface area contributed by atoms with Crippen LogP contribution < -0.4 is 5.73 Å². The molecule has 2 aliphatic heterocycles. The van der Waals surface area contributed by atoms with Crippen LogP contribution in [-0.4, -0.2) is 41.3 Å². The van der Waals surface area contributed by atoms with Crippen molar-refractivity contribution in [2.45, 2.75) is 38.0 Å². The molecule has 2 heterocycles. The van der Waals surface area contributed by atoms with Crippen LogP contribution in [0.4, 0.5) is 0 Å². The van der Waals surface area contributed by atoms with Gasteiger partial charge in [0.25, 0.3) is 0 Å². The lowest BCUT2D eigenvalue weighted by atomic mass is 9.93. The molecule has 0 amide bonds. The van der Waals surface area contributed by atoms with Gasteiger partial charge in [0, 0.05) is 24.5 Å². The number of fused-ring (bicyclic) bond motifs is 1. The van der Waals surface area contributed by atoms with Crippen LogP contribution in [0, 0.1) is 5.92 Å². The Morgan fingerprint density at radius 3 is 2.92 bits per heavy atom. The minimum absolute atomic E-state index is 0.201. The lowest BCUT2D eigenvalue weighted by Crippen LogP contribution is -2.40. The molecule has 0 aromatic heterocycles. The Hall–Kier alpha value is -0.120. The lowest BCUT2D eigenvalue weighted by Gasteiger charge is -2.20. The molecule has 2 fully saturated rings. The van der Waals surface area contributed by atoms with Crippen molar-refractivity contribution in [2.24, 2.45) is 11.7 Å². The minimum atomic E-state index is -0.245. The highest BCUT2D eigenvalue weighted by molar-refractivity contribution is 5.00. The fraction of sp³-hybridized carbons (Fsp3) is 1.00. The summed E-state index contributed by atoms with van der Waals surface area (Å²) in [5.74, 6) is 0.301. The van der Waals surface area contributed by atoms with Crippen LogP contribution in [0.1, 0.15) is 19.8 Å². The van der Waals surface area contributed by atoms with Gasteiger partial charge in [0.15, 0.2) is 0 Å². The summed E-state index contributed by atoms with van der Waals surface area (Å²) < 4.78 is 0. The Balaban J connectivity index is 2.05. The van der Waals surface area contributed by atoms with Crippen LogP contribution in [0.15, 0.2) is 0 Å². The molecule has 2 aliphatic rings. The van der Waals surface area contributed by atoms with Gasteiger partial charge < -0.3 is 10.8 Å². The third-order valence-electron chi connectivity index (χ3n) is 3.42. The van der Waals surface area contributed by atoms with Gasteiger partial charge in [-0.2, -0.15) is 0 Å². The van der Waals surface area contributed by atoms with Gasteiger partial charge in [-0.25, -0.2) is 0 Å². The number of aliphatic hydroxyl groups is 1. The third kappa shape index (κ3) is 1.16. The van der Waals surface area contributed by atoms with Crippen molar-refractivity contribution in [1.82, 2.24) is 4.90 Å². The Kier molecular flexibility index (Phi) is 2.10. The SMILES string of the molecule is CC(O)[C@H]1CN2CCC[C@H]2[C@H]1N. The van der Waals surface area contributed by atoms with Crippen molar-refractivity contribution in [3.8, 4) is 0 Å². The molecule has 70 valence electrons. The zero-order chi connectivity index (χ0) is 8.72. The maximum Gasteiger partial charge on any atom is 0.0567 e. The quantitative estimate of drug-likeness (QED) is 0.572. The van der Waals surface area contributed by atoms with Crippen molar-refractivity contribution in [2.75, 3.05) is 13.1 Å². The maximum atomic E-state index is 9.47. The van der Waals surface area contributed by atoms with Crippen LogP contribution in [0.5, 0.6) is 0 Å². The van der Waals surface area contributed by atoms with Crippen molar-refractivity contribution in [1.29, 1.82) is 0 Å². The van der Waals surface area contributed by atoms with Crippen molar-refractivity contribution in [3.63, 3.8) is 0 Å². The van der Waals surface area contributed by atoms with Gasteiger partial charge in [0.2, 0.25) is 0 Å². The molecule has 2 saturated heterocycles. The van der Waals surface area contributed by atoms with E-state index in [1.807, 2.05) is 6.92 Å². The van der Waals surface area contributed by atoms with Crippen molar-refractivity contribution < 1.29 is 5.11 Å². The van der Waals surface area contributed by atoms with Crippen LogP contribution >= 0.6 is 0 Å². The van der Waals surface area contributed by atoms with E-state index in [1.54, 1.807) is 0 Å². The van der Waals surface area contributed by atoms with E-state index in [4.69, 9.17) is 5.73 Å². The second-order valence-electron chi connectivity index (χ2n) is 4.19. The molecule has 0 radical (unpaired) electrons. The molecule has 0 saturated carbocycles. The molecule has 4 atom stereocenters. The first-order valence-corrected chi connectivity index (χ1v) is 4.88. The number of hydrogen-bond donors (Lipinski definition) is 2. The number of nitrogens with zero attached hydrogens (tertiary/aromatic N) is 1. The summed E-state index contributed by atoms with van der Waals surface area (Å²) in [7, 11) is 0. The average Bonchev–Trinajstić information content (AvgIpc) is 2.53. The van der Waals surface area contributed by atoms with E-state index in [2.05, 4.69) is 4.90 Å². The largest absolute Gasteiger partial charge is 0.393 e. The van der Waals surface area contributed by atoms with Crippen molar-refractivity contribution in [3.05, 3.63) is 0 Å². The molecule has 0 aromatic carbocycles. The number of hydrogen-bond acceptors (Lipinski definition) is 3. The van der Waals surface area contributed by atoms with Crippen LogP contribution in [0.3, 0.4) is 0 Å². The molecule has 0 spiro atoms. The van der Waals surface area contributed by atoms with Gasteiger partial charge in [-0.3, -0.25) is 4.90 Å². The van der Waals surface area contributed by atoms with Gasteiger partial charge in [0.1, 0.15) is 0 Å². The maximum absolute atomic E-state index is 9.47. The zero-order valence-electron chi connectivity index (χ0n) is 7.61. The van der Waals surface area contributed by atoms with Gasteiger partial charge in [-0.05, 0) is 26.3 Å². The van der Waals surface area contributed by atoms with Gasteiger partial charge in [0.05, 0.1) is 6.10 Å². The van der Waals surface area contributed by atoms with E-state index in [-0.39, 0.29) is 12.1 Å². The molecule has 0 aromatic rings. The second-order valence-corrected chi connectivity index (χ2v) is 4.19. The standard InChI is InChI=1S/C9H18N2O/c1-6(12)7-5-11-4-2-3-8(11)9(7)10/h6-9,12H,2-5,10H2,1H3/t6?,7-,8+,9+/m1/s1. The molecule has 3 heteroatoms. The normalized spacial score (nSPS) is 44.8. The highest BCUT2D eigenvalue weighted by Crippen LogP contribution is 2.31. The summed E-state index contributed by atoms with van der Waals surface area (Å²) in [6.07, 6.45) is 2.26. The fourth-order valence-corrected chi connectivity index (χ4v) is 2.67. The second kappa shape index (κ2) is 2.98. The fourth-order valence-electron chi connectivity index (χ4n) is 2.67. The molecule has 0 bridgehead atoms. The van der Waals surface area contributed by atoms with Crippen LogP contribution in [0.2, 0.25) is 0 Å². The number of nitrogens with two attached hydrogens (primary N) is 1. The van der Waals surface area contributed by atoms with Gasteiger partial charge in [-0.1, -0.05) is 0 Å². The monoisotopic (exact) mass is 170 g/mol. The number of rotatable bonds is 1. The van der Waals surface area contributed by atoms with Crippen molar-refractivity contribution >= 4 is 0 Å². The van der Waals surface area contributed by atoms with Gasteiger partial charge in [-0.15, -0.1) is 0 Å². The molecule has 12 heavy (non-hydrogen) atoms. The molecule has 3 nitrogen and oxygen atoms in total. The minimum Gasteiger partial charge on any atom is -0.393 e. The Morgan fingerprint density at radius 1 is 1.58 bits per heavy atom. The first kappa shape index (κ1) is 8.48. The van der Waals surface area contributed by atoms with Crippen LogP contribution in [-0.2, 0) is 0 Å². The third-order valence-corrected chi connectivity index (χ3v) is 3.42.